The minimum Gasteiger partial charge on any atom is -0.617 e. The Labute approximate surface area is 225 Å². The van der Waals surface area contributed by atoms with Gasteiger partial charge in [0.15, 0.2) is 5.82 Å². The van der Waals surface area contributed by atoms with Crippen LogP contribution in [0.5, 0.6) is 0 Å². The van der Waals surface area contributed by atoms with E-state index in [4.69, 9.17) is 5.41 Å². The van der Waals surface area contributed by atoms with E-state index in [1.807, 2.05) is 23.0 Å². The molecule has 2 atom stereocenters. The van der Waals surface area contributed by atoms with Crippen molar-refractivity contribution in [3.8, 4) is 11.3 Å². The smallest absolute Gasteiger partial charge is 0.152 e. The summed E-state index contributed by atoms with van der Waals surface area (Å²) in [5.74, 6) is -1.00. The zero-order chi connectivity index (χ0) is 27.2. The van der Waals surface area contributed by atoms with Crippen LogP contribution in [0.1, 0.15) is 17.5 Å². The molecule has 0 saturated heterocycles. The number of nitrogens with zero attached hydrogens (tertiary/aromatic N) is 3. The Morgan fingerprint density at radius 2 is 1.95 bits per heavy atom. The van der Waals surface area contributed by atoms with Gasteiger partial charge in [-0.1, -0.05) is 17.3 Å². The number of benzene rings is 1. The van der Waals surface area contributed by atoms with Crippen molar-refractivity contribution in [2.45, 2.75) is 13.0 Å². The normalized spacial score (nSPS) is 15.9. The Kier molecular flexibility index (Phi) is 9.00. The minimum absolute atomic E-state index is 0.0657. The molecule has 1 aromatic carbocycles. The van der Waals surface area contributed by atoms with E-state index >= 15 is 0 Å². The summed E-state index contributed by atoms with van der Waals surface area (Å²) in [7, 11) is 0. The molecule has 3 N–H and O–H groups in total. The number of halogens is 2. The number of aromatic nitrogens is 3. The van der Waals surface area contributed by atoms with E-state index in [2.05, 4.69) is 20.1 Å². The highest BCUT2D eigenvalue weighted by molar-refractivity contribution is 7.92. The van der Waals surface area contributed by atoms with Gasteiger partial charge in [-0.3, -0.25) is 9.67 Å². The molecule has 0 radical (unpaired) electrons. The number of nitrogens with one attached hydrogen (secondary N) is 3. The summed E-state index contributed by atoms with van der Waals surface area (Å²) in [6.45, 7) is 0.672. The van der Waals surface area contributed by atoms with Crippen LogP contribution in [-0.4, -0.2) is 48.3 Å². The van der Waals surface area contributed by atoms with Crippen LogP contribution in [0, 0.1) is 17.0 Å². The van der Waals surface area contributed by atoms with Crippen molar-refractivity contribution in [1.82, 2.24) is 20.1 Å². The molecule has 0 fully saturated rings. The molecule has 38 heavy (non-hydrogen) atoms. The van der Waals surface area contributed by atoms with Crippen molar-refractivity contribution in [2.75, 3.05) is 23.0 Å². The summed E-state index contributed by atoms with van der Waals surface area (Å²) < 4.78 is 55.7. The molecule has 1 aliphatic heterocycles. The first-order valence-corrected chi connectivity index (χ1v) is 14.8. The molecule has 2 unspecified atom stereocenters. The molecule has 0 saturated carbocycles. The zero-order valence-electron chi connectivity index (χ0n) is 20.7. The van der Waals surface area contributed by atoms with Crippen LogP contribution in [0.4, 0.5) is 14.5 Å². The molecule has 3 aromatic rings. The maximum absolute atomic E-state index is 14.5. The van der Waals surface area contributed by atoms with Crippen LogP contribution in [-0.2, 0) is 29.1 Å². The van der Waals surface area contributed by atoms with Gasteiger partial charge < -0.3 is 19.8 Å². The van der Waals surface area contributed by atoms with Crippen molar-refractivity contribution in [1.29, 1.82) is 5.41 Å². The Hall–Kier alpha value is -3.45. The van der Waals surface area contributed by atoms with E-state index < -0.39 is 34.2 Å². The summed E-state index contributed by atoms with van der Waals surface area (Å²) in [5.41, 5.74) is 4.15. The number of hydrogen-bond donors (Lipinski definition) is 3. The van der Waals surface area contributed by atoms with Crippen LogP contribution in [0.25, 0.3) is 22.4 Å². The fourth-order valence-corrected chi connectivity index (χ4v) is 4.91. The summed E-state index contributed by atoms with van der Waals surface area (Å²) in [6, 6.07) is 5.66. The molecule has 0 spiro atoms. The molecule has 4 rings (SSSR count). The third kappa shape index (κ3) is 6.90. The first-order valence-electron chi connectivity index (χ1n) is 11.5. The topological polar surface area (TPSA) is 125 Å². The standard InChI is InChI=1S/C26H26F2N6O2S2/c1-37(35)7-3-6-34-16-20(14-32-34)17-4-5-25(30-13-17)23(12-29)18-8-19(10-22(9-18)33-38(2)36)26-24(28)11-21(27)15-31-26/h4-5,8-16,29-30,33H,3,6-7H2,1-2H3/b25-23+,29-12?. The molecular formula is C26H26F2N6O2S2. The maximum Gasteiger partial charge on any atom is 0.152 e. The fraction of sp³-hybridized carbons (Fsp3) is 0.192. The van der Waals surface area contributed by atoms with Crippen LogP contribution in [0.15, 0.2) is 66.9 Å². The molecule has 0 bridgehead atoms. The van der Waals surface area contributed by atoms with E-state index in [0.717, 1.165) is 29.8 Å². The molecule has 3 heterocycles. The first kappa shape index (κ1) is 27.6. The maximum atomic E-state index is 14.5. The minimum atomic E-state index is -1.41. The molecule has 2 aromatic heterocycles. The molecule has 1 aliphatic rings. The van der Waals surface area contributed by atoms with Crippen LogP contribution >= 0.6 is 0 Å². The van der Waals surface area contributed by atoms with E-state index in [1.165, 1.54) is 12.5 Å². The monoisotopic (exact) mass is 556 g/mol. The summed E-state index contributed by atoms with van der Waals surface area (Å²) in [6.07, 6.45) is 15.2. The lowest BCUT2D eigenvalue weighted by Crippen LogP contribution is -2.12. The third-order valence-electron chi connectivity index (χ3n) is 5.62. The van der Waals surface area contributed by atoms with Gasteiger partial charge in [-0.2, -0.15) is 5.10 Å². The molecule has 0 aliphatic carbocycles. The zero-order valence-corrected chi connectivity index (χ0v) is 22.3. The second-order valence-corrected chi connectivity index (χ2v) is 11.2. The van der Waals surface area contributed by atoms with E-state index in [9.17, 15) is 17.9 Å². The molecule has 0 amide bonds. The first-order chi connectivity index (χ1) is 18.2. The predicted octanol–water partition coefficient (Wildman–Crippen LogP) is 4.26. The number of dihydropyridines is 1. The summed E-state index contributed by atoms with van der Waals surface area (Å²) >= 11 is -2.24. The number of hydrogen-bond acceptors (Lipinski definition) is 7. The Bertz CT molecular complexity index is 1420. The number of anilines is 1. The molecule has 198 valence electrons. The average molecular weight is 557 g/mol. The second-order valence-electron chi connectivity index (χ2n) is 8.51. The van der Waals surface area contributed by atoms with Crippen molar-refractivity contribution >= 4 is 45.6 Å². The fourth-order valence-electron chi connectivity index (χ4n) is 3.92. The Morgan fingerprint density at radius 3 is 2.61 bits per heavy atom. The van der Waals surface area contributed by atoms with Crippen molar-refractivity contribution in [3.63, 3.8) is 0 Å². The highest BCUT2D eigenvalue weighted by atomic mass is 32.2. The largest absolute Gasteiger partial charge is 0.617 e. The van der Waals surface area contributed by atoms with Crippen LogP contribution < -0.4 is 10.0 Å². The van der Waals surface area contributed by atoms with Gasteiger partial charge in [-0.05, 0) is 29.8 Å². The van der Waals surface area contributed by atoms with E-state index in [-0.39, 0.29) is 5.69 Å². The van der Waals surface area contributed by atoms with Gasteiger partial charge in [-0.25, -0.2) is 13.5 Å². The molecular weight excluding hydrogens is 530 g/mol. The lowest BCUT2D eigenvalue weighted by atomic mass is 9.97. The van der Waals surface area contributed by atoms with Gasteiger partial charge in [0.25, 0.3) is 0 Å². The van der Waals surface area contributed by atoms with Gasteiger partial charge in [0.1, 0.15) is 23.5 Å². The average Bonchev–Trinajstić information content (AvgIpc) is 3.33. The van der Waals surface area contributed by atoms with Crippen molar-refractivity contribution < 1.29 is 17.9 Å². The van der Waals surface area contributed by atoms with E-state index in [1.54, 1.807) is 36.9 Å². The van der Waals surface area contributed by atoms with Gasteiger partial charge in [-0.15, -0.1) is 0 Å². The summed E-state index contributed by atoms with van der Waals surface area (Å²) in [5, 5.41) is 15.6. The van der Waals surface area contributed by atoms with Gasteiger partial charge in [0.05, 0.1) is 35.7 Å². The lowest BCUT2D eigenvalue weighted by molar-refractivity contribution is 0.575. The van der Waals surface area contributed by atoms with Crippen molar-refractivity contribution in [3.05, 3.63) is 89.7 Å². The number of pyridine rings is 1. The number of aryl methyl sites for hydroxylation is 1. The predicted molar refractivity (Wildman–Crippen MR) is 149 cm³/mol. The Balaban J connectivity index is 1.62. The SMILES string of the molecule is C[S+]([O-])CCCn1cc(C2=CN/C(=C(\C=N)c3cc(N[S+](C)[O-])cc(-c4ncc(F)cc4F)c3)C=C2)cn1. The Morgan fingerprint density at radius 1 is 1.13 bits per heavy atom. The summed E-state index contributed by atoms with van der Waals surface area (Å²) in [4.78, 5) is 3.89. The van der Waals surface area contributed by atoms with Gasteiger partial charge in [0.2, 0.25) is 0 Å². The molecule has 12 heteroatoms. The van der Waals surface area contributed by atoms with Gasteiger partial charge >= 0.3 is 0 Å². The quantitative estimate of drug-likeness (QED) is 0.253. The van der Waals surface area contributed by atoms with Gasteiger partial charge in [0, 0.05) is 65.6 Å². The van der Waals surface area contributed by atoms with E-state index in [0.29, 0.717) is 40.4 Å². The van der Waals surface area contributed by atoms with Crippen LogP contribution in [0.3, 0.4) is 0 Å². The van der Waals surface area contributed by atoms with Crippen molar-refractivity contribution in [2.24, 2.45) is 0 Å². The lowest BCUT2D eigenvalue weighted by Gasteiger charge is -2.16. The highest BCUT2D eigenvalue weighted by Gasteiger charge is 2.16. The van der Waals surface area contributed by atoms with Crippen LogP contribution in [0.2, 0.25) is 0 Å². The highest BCUT2D eigenvalue weighted by Crippen LogP contribution is 2.31. The second kappa shape index (κ2) is 12.4. The number of allylic oxidation sites excluding steroid dienone is 4. The third-order valence-corrected chi connectivity index (χ3v) is 7.01. The molecule has 8 nitrogen and oxygen atoms in total. The number of rotatable bonds is 10.